The average molecular weight is 243 g/mol. The van der Waals surface area contributed by atoms with E-state index >= 15 is 0 Å². The van der Waals surface area contributed by atoms with Crippen LogP contribution in [0.2, 0.25) is 0 Å². The summed E-state index contributed by atoms with van der Waals surface area (Å²) < 4.78 is 4.44. The first-order chi connectivity index (χ1) is 7.92. The van der Waals surface area contributed by atoms with Crippen molar-refractivity contribution in [2.75, 3.05) is 13.7 Å². The molecular formula is C12H21NO4. The first-order valence-electron chi connectivity index (χ1n) is 5.71. The van der Waals surface area contributed by atoms with Gasteiger partial charge in [-0.1, -0.05) is 27.2 Å². The predicted molar refractivity (Wildman–Crippen MR) is 63.3 cm³/mol. The first-order valence-corrected chi connectivity index (χ1v) is 5.71. The van der Waals surface area contributed by atoms with Gasteiger partial charge in [-0.25, -0.2) is 0 Å². The van der Waals surface area contributed by atoms with E-state index in [2.05, 4.69) is 10.1 Å². The quantitative estimate of drug-likeness (QED) is 0.533. The maximum absolute atomic E-state index is 12.0. The molecule has 0 rings (SSSR count). The molecule has 0 aliphatic heterocycles. The second-order valence-electron chi connectivity index (χ2n) is 4.36. The summed E-state index contributed by atoms with van der Waals surface area (Å²) in [5.74, 6) is -0.731. The summed E-state index contributed by atoms with van der Waals surface area (Å²) in [6, 6.07) is 0. The van der Waals surface area contributed by atoms with Crippen LogP contribution in [-0.2, 0) is 19.1 Å². The van der Waals surface area contributed by atoms with Crippen LogP contribution in [0.5, 0.6) is 0 Å². The van der Waals surface area contributed by atoms with Gasteiger partial charge >= 0.3 is 5.97 Å². The summed E-state index contributed by atoms with van der Waals surface area (Å²) in [6.07, 6.45) is 1.68. The Kier molecular flexibility index (Phi) is 6.46. The van der Waals surface area contributed by atoms with Crippen LogP contribution in [0.15, 0.2) is 0 Å². The van der Waals surface area contributed by atoms with E-state index in [0.717, 1.165) is 12.7 Å². The van der Waals surface area contributed by atoms with Crippen molar-refractivity contribution in [2.45, 2.75) is 33.6 Å². The fourth-order valence-corrected chi connectivity index (χ4v) is 1.57. The van der Waals surface area contributed by atoms with Crippen LogP contribution in [-0.4, -0.2) is 31.8 Å². The van der Waals surface area contributed by atoms with Crippen molar-refractivity contribution < 1.29 is 19.1 Å². The van der Waals surface area contributed by atoms with Crippen LogP contribution in [0.25, 0.3) is 0 Å². The van der Waals surface area contributed by atoms with E-state index in [1.165, 1.54) is 7.11 Å². The Hall–Kier alpha value is -1.39. The lowest BCUT2D eigenvalue weighted by Crippen LogP contribution is -2.45. The summed E-state index contributed by atoms with van der Waals surface area (Å²) in [5.41, 5.74) is -0.773. The minimum atomic E-state index is -0.773. The van der Waals surface area contributed by atoms with Crippen molar-refractivity contribution in [1.82, 2.24) is 5.32 Å². The zero-order valence-corrected chi connectivity index (χ0v) is 10.9. The third-order valence-electron chi connectivity index (χ3n) is 3.35. The van der Waals surface area contributed by atoms with Gasteiger partial charge in [-0.2, -0.15) is 0 Å². The molecule has 1 N–H and O–H groups in total. The number of aldehydes is 1. The van der Waals surface area contributed by atoms with E-state index in [0.29, 0.717) is 0 Å². The number of ether oxygens (including phenoxy) is 1. The van der Waals surface area contributed by atoms with Crippen molar-refractivity contribution in [2.24, 2.45) is 11.3 Å². The number of hydrogen-bond acceptors (Lipinski definition) is 4. The third kappa shape index (κ3) is 4.17. The van der Waals surface area contributed by atoms with Crippen molar-refractivity contribution >= 4 is 18.2 Å². The number of hydrogen-bond donors (Lipinski definition) is 1. The monoisotopic (exact) mass is 243 g/mol. The predicted octanol–water partition coefficient (Wildman–Crippen LogP) is 0.917. The molecule has 0 saturated heterocycles. The van der Waals surface area contributed by atoms with Gasteiger partial charge in [0.15, 0.2) is 0 Å². The largest absolute Gasteiger partial charge is 0.468 e. The molecule has 98 valence electrons. The van der Waals surface area contributed by atoms with Gasteiger partial charge in [0, 0.05) is 6.42 Å². The van der Waals surface area contributed by atoms with Crippen LogP contribution in [0.4, 0.5) is 0 Å². The van der Waals surface area contributed by atoms with Gasteiger partial charge in [0.25, 0.3) is 0 Å². The topological polar surface area (TPSA) is 72.5 Å². The van der Waals surface area contributed by atoms with E-state index in [4.69, 9.17) is 0 Å². The number of carbonyl (C=O) groups excluding carboxylic acids is 3. The normalized spacial score (nSPS) is 15.5. The molecule has 5 heteroatoms. The molecule has 0 heterocycles. The Labute approximate surface area is 102 Å². The van der Waals surface area contributed by atoms with Gasteiger partial charge in [-0.15, -0.1) is 0 Å². The Bertz CT molecular complexity index is 290. The fraction of sp³-hybridized carbons (Fsp3) is 0.750. The smallest absolute Gasteiger partial charge is 0.325 e. The van der Waals surface area contributed by atoms with Gasteiger partial charge in [-0.3, -0.25) is 9.59 Å². The van der Waals surface area contributed by atoms with E-state index < -0.39 is 11.4 Å². The average Bonchev–Trinajstić information content (AvgIpc) is 2.34. The second kappa shape index (κ2) is 7.04. The lowest BCUT2D eigenvalue weighted by molar-refractivity contribution is -0.143. The lowest BCUT2D eigenvalue weighted by Gasteiger charge is -2.32. The molecular weight excluding hydrogens is 222 g/mol. The fourth-order valence-electron chi connectivity index (χ4n) is 1.57. The molecule has 0 aromatic rings. The number of esters is 1. The Morgan fingerprint density at radius 1 is 1.47 bits per heavy atom. The molecule has 0 aliphatic carbocycles. The molecule has 0 aromatic carbocycles. The minimum Gasteiger partial charge on any atom is -0.468 e. The highest BCUT2D eigenvalue weighted by atomic mass is 16.5. The zero-order valence-electron chi connectivity index (χ0n) is 10.9. The molecule has 0 saturated carbocycles. The standard InChI is InChI=1S/C12H21NO4/c1-5-9(2)12(3,6-7-14)11(16)13-8-10(15)17-4/h7,9H,5-6,8H2,1-4H3,(H,13,16)/t9-,12-/m1/s1. The molecule has 0 radical (unpaired) electrons. The van der Waals surface area contributed by atoms with E-state index in [-0.39, 0.29) is 24.8 Å². The zero-order chi connectivity index (χ0) is 13.5. The van der Waals surface area contributed by atoms with Crippen LogP contribution in [0, 0.1) is 11.3 Å². The minimum absolute atomic E-state index is 0.0605. The van der Waals surface area contributed by atoms with Crippen molar-refractivity contribution in [3.63, 3.8) is 0 Å². The lowest BCUT2D eigenvalue weighted by atomic mass is 9.73. The van der Waals surface area contributed by atoms with Crippen LogP contribution in [0.1, 0.15) is 33.6 Å². The van der Waals surface area contributed by atoms with Gasteiger partial charge < -0.3 is 14.8 Å². The Balaban J connectivity index is 4.64. The number of carbonyl (C=O) groups is 3. The molecule has 2 atom stereocenters. The summed E-state index contributed by atoms with van der Waals surface area (Å²) in [7, 11) is 1.26. The summed E-state index contributed by atoms with van der Waals surface area (Å²) in [4.78, 5) is 33.6. The van der Waals surface area contributed by atoms with Gasteiger partial charge in [0.2, 0.25) is 5.91 Å². The number of nitrogens with one attached hydrogen (secondary N) is 1. The van der Waals surface area contributed by atoms with E-state index in [1.807, 2.05) is 13.8 Å². The molecule has 0 bridgehead atoms. The van der Waals surface area contributed by atoms with Crippen molar-refractivity contribution in [3.8, 4) is 0 Å². The van der Waals surface area contributed by atoms with Crippen LogP contribution < -0.4 is 5.32 Å². The second-order valence-corrected chi connectivity index (χ2v) is 4.36. The van der Waals surface area contributed by atoms with Gasteiger partial charge in [0.1, 0.15) is 12.8 Å². The molecule has 1 amide bonds. The maximum atomic E-state index is 12.0. The van der Waals surface area contributed by atoms with Crippen molar-refractivity contribution in [3.05, 3.63) is 0 Å². The van der Waals surface area contributed by atoms with Gasteiger partial charge in [-0.05, 0) is 5.92 Å². The summed E-state index contributed by atoms with van der Waals surface area (Å²) in [6.45, 7) is 5.45. The summed E-state index contributed by atoms with van der Waals surface area (Å²) in [5, 5.41) is 2.50. The number of amides is 1. The third-order valence-corrected chi connectivity index (χ3v) is 3.35. The number of methoxy groups -OCH3 is 1. The molecule has 17 heavy (non-hydrogen) atoms. The molecule has 0 aliphatic rings. The molecule has 5 nitrogen and oxygen atoms in total. The Morgan fingerprint density at radius 2 is 2.06 bits per heavy atom. The maximum Gasteiger partial charge on any atom is 0.325 e. The molecule has 0 aromatic heterocycles. The Morgan fingerprint density at radius 3 is 2.47 bits per heavy atom. The molecule has 0 fully saturated rings. The van der Waals surface area contributed by atoms with Crippen LogP contribution in [0.3, 0.4) is 0 Å². The SMILES string of the molecule is CC[C@@H](C)[C@@](C)(CC=O)C(=O)NCC(=O)OC. The first kappa shape index (κ1) is 15.6. The highest BCUT2D eigenvalue weighted by molar-refractivity contribution is 5.87. The highest BCUT2D eigenvalue weighted by Crippen LogP contribution is 2.32. The van der Waals surface area contributed by atoms with E-state index in [1.54, 1.807) is 6.92 Å². The highest BCUT2D eigenvalue weighted by Gasteiger charge is 2.37. The van der Waals surface area contributed by atoms with Crippen LogP contribution >= 0.6 is 0 Å². The molecule has 0 unspecified atom stereocenters. The van der Waals surface area contributed by atoms with Crippen molar-refractivity contribution in [1.29, 1.82) is 0 Å². The summed E-state index contributed by atoms with van der Waals surface area (Å²) >= 11 is 0. The van der Waals surface area contributed by atoms with Gasteiger partial charge in [0.05, 0.1) is 12.5 Å². The number of rotatable bonds is 7. The van der Waals surface area contributed by atoms with E-state index in [9.17, 15) is 14.4 Å². The molecule has 0 spiro atoms.